The molecular formula is C11H13NO2. The Morgan fingerprint density at radius 2 is 2.00 bits per heavy atom. The number of aliphatic hydroxyl groups is 1. The van der Waals surface area contributed by atoms with Crippen LogP contribution in [0.5, 0.6) is 0 Å². The van der Waals surface area contributed by atoms with Gasteiger partial charge in [0.1, 0.15) is 0 Å². The molecule has 3 N–H and O–H groups in total. The van der Waals surface area contributed by atoms with Gasteiger partial charge in [-0.15, -0.1) is 0 Å². The third-order valence-corrected chi connectivity index (χ3v) is 1.90. The van der Waals surface area contributed by atoms with E-state index in [-0.39, 0.29) is 0 Å². The zero-order chi connectivity index (χ0) is 10.6. The van der Waals surface area contributed by atoms with Crippen LogP contribution >= 0.6 is 0 Å². The molecule has 1 atom stereocenters. The highest BCUT2D eigenvalue weighted by Gasteiger charge is 2.23. The monoisotopic (exact) mass is 191 g/mol. The van der Waals surface area contributed by atoms with E-state index >= 15 is 0 Å². The SMILES string of the molecule is CC(O)(C=Cc1ccccc1)C(N)=O. The smallest absolute Gasteiger partial charge is 0.253 e. The summed E-state index contributed by atoms with van der Waals surface area (Å²) in [5.74, 6) is -0.760. The fraction of sp³-hybridized carbons (Fsp3) is 0.182. The highest BCUT2D eigenvalue weighted by molar-refractivity contribution is 5.86. The Morgan fingerprint density at radius 1 is 1.43 bits per heavy atom. The van der Waals surface area contributed by atoms with E-state index in [1.165, 1.54) is 13.0 Å². The fourth-order valence-electron chi connectivity index (χ4n) is 0.905. The molecule has 3 nitrogen and oxygen atoms in total. The number of primary amides is 1. The standard InChI is InChI=1S/C11H13NO2/c1-11(14,10(12)13)8-7-9-5-3-2-4-6-9/h2-8,14H,1H3,(H2,12,13). The molecule has 1 rings (SSSR count). The number of carbonyl (C=O) groups is 1. The maximum absolute atomic E-state index is 10.8. The molecule has 0 aliphatic heterocycles. The summed E-state index contributed by atoms with van der Waals surface area (Å²) < 4.78 is 0. The zero-order valence-electron chi connectivity index (χ0n) is 7.97. The van der Waals surface area contributed by atoms with Gasteiger partial charge in [-0.3, -0.25) is 4.79 Å². The fourth-order valence-corrected chi connectivity index (χ4v) is 0.905. The second-order valence-electron chi connectivity index (χ2n) is 3.26. The van der Waals surface area contributed by atoms with Gasteiger partial charge >= 0.3 is 0 Å². The molecule has 0 aliphatic rings. The first kappa shape index (κ1) is 10.5. The third kappa shape index (κ3) is 2.71. The lowest BCUT2D eigenvalue weighted by molar-refractivity contribution is -0.130. The molecule has 14 heavy (non-hydrogen) atoms. The number of carbonyl (C=O) groups excluding carboxylic acids is 1. The predicted octanol–water partition coefficient (Wildman–Crippen LogP) is 0.936. The van der Waals surface area contributed by atoms with Crippen LogP contribution < -0.4 is 5.73 Å². The van der Waals surface area contributed by atoms with Gasteiger partial charge in [0.05, 0.1) is 0 Å². The maximum Gasteiger partial charge on any atom is 0.253 e. The molecule has 0 saturated carbocycles. The minimum absolute atomic E-state index is 0.760. The van der Waals surface area contributed by atoms with Gasteiger partial charge in [-0.05, 0) is 18.6 Å². The molecule has 1 aromatic rings. The summed E-state index contributed by atoms with van der Waals surface area (Å²) in [5.41, 5.74) is 4.32. The summed E-state index contributed by atoms with van der Waals surface area (Å²) in [6.07, 6.45) is 3.04. The Morgan fingerprint density at radius 3 is 2.50 bits per heavy atom. The number of hydrogen-bond donors (Lipinski definition) is 2. The molecule has 0 aliphatic carbocycles. The summed E-state index contributed by atoms with van der Waals surface area (Å²) >= 11 is 0. The Bertz CT molecular complexity index is 342. The molecule has 0 fully saturated rings. The van der Waals surface area contributed by atoms with E-state index in [0.717, 1.165) is 5.56 Å². The normalized spacial score (nSPS) is 15.3. The van der Waals surface area contributed by atoms with Crippen molar-refractivity contribution in [2.24, 2.45) is 5.73 Å². The maximum atomic E-state index is 10.8. The number of nitrogens with two attached hydrogens (primary N) is 1. The molecule has 1 amide bonds. The van der Waals surface area contributed by atoms with E-state index in [2.05, 4.69) is 0 Å². The summed E-state index contributed by atoms with van der Waals surface area (Å²) in [7, 11) is 0. The van der Waals surface area contributed by atoms with Crippen LogP contribution in [0.2, 0.25) is 0 Å². The second kappa shape index (κ2) is 4.07. The summed E-state index contributed by atoms with van der Waals surface area (Å²) in [5, 5.41) is 9.49. The Balaban J connectivity index is 2.79. The number of amides is 1. The number of hydrogen-bond acceptors (Lipinski definition) is 2. The van der Waals surface area contributed by atoms with E-state index in [0.29, 0.717) is 0 Å². The van der Waals surface area contributed by atoms with Crippen molar-refractivity contribution in [3.05, 3.63) is 42.0 Å². The number of benzene rings is 1. The van der Waals surface area contributed by atoms with Crippen LogP contribution in [0.25, 0.3) is 6.08 Å². The molecule has 0 radical (unpaired) electrons. The first-order valence-electron chi connectivity index (χ1n) is 4.29. The molecule has 74 valence electrons. The van der Waals surface area contributed by atoms with Gasteiger partial charge in [0.15, 0.2) is 5.60 Å². The zero-order valence-corrected chi connectivity index (χ0v) is 7.97. The predicted molar refractivity (Wildman–Crippen MR) is 55.3 cm³/mol. The van der Waals surface area contributed by atoms with Crippen LogP contribution in [-0.4, -0.2) is 16.6 Å². The van der Waals surface area contributed by atoms with Crippen LogP contribution in [0.1, 0.15) is 12.5 Å². The van der Waals surface area contributed by atoms with Crippen molar-refractivity contribution >= 4 is 12.0 Å². The van der Waals surface area contributed by atoms with Crippen LogP contribution in [0, 0.1) is 0 Å². The van der Waals surface area contributed by atoms with Gasteiger partial charge < -0.3 is 10.8 Å². The molecule has 0 aromatic heterocycles. The Labute approximate surface area is 82.9 Å². The average molecular weight is 191 g/mol. The molecule has 0 spiro atoms. The van der Waals surface area contributed by atoms with Crippen molar-refractivity contribution in [1.29, 1.82) is 0 Å². The van der Waals surface area contributed by atoms with Gasteiger partial charge in [-0.25, -0.2) is 0 Å². The quantitative estimate of drug-likeness (QED) is 0.746. The lowest BCUT2D eigenvalue weighted by Gasteiger charge is -2.13. The second-order valence-corrected chi connectivity index (χ2v) is 3.26. The van der Waals surface area contributed by atoms with Crippen LogP contribution in [0.4, 0.5) is 0 Å². The van der Waals surface area contributed by atoms with Gasteiger partial charge in [0, 0.05) is 0 Å². The molecule has 0 bridgehead atoms. The summed E-state index contributed by atoms with van der Waals surface area (Å²) in [6.45, 7) is 1.36. The third-order valence-electron chi connectivity index (χ3n) is 1.90. The van der Waals surface area contributed by atoms with Crippen molar-refractivity contribution < 1.29 is 9.90 Å². The minimum atomic E-state index is -1.59. The van der Waals surface area contributed by atoms with E-state index in [9.17, 15) is 9.90 Å². The molecule has 3 heteroatoms. The van der Waals surface area contributed by atoms with Crippen molar-refractivity contribution in [2.75, 3.05) is 0 Å². The van der Waals surface area contributed by atoms with E-state index in [4.69, 9.17) is 5.73 Å². The van der Waals surface area contributed by atoms with Crippen LogP contribution in [0.3, 0.4) is 0 Å². The van der Waals surface area contributed by atoms with Gasteiger partial charge in [0.2, 0.25) is 0 Å². The topological polar surface area (TPSA) is 63.3 Å². The van der Waals surface area contributed by atoms with Gasteiger partial charge in [-0.2, -0.15) is 0 Å². The number of rotatable bonds is 3. The molecule has 0 heterocycles. The first-order chi connectivity index (χ1) is 6.52. The highest BCUT2D eigenvalue weighted by atomic mass is 16.3. The Hall–Kier alpha value is -1.61. The Kier molecular flexibility index (Phi) is 3.04. The van der Waals surface area contributed by atoms with E-state index in [1.807, 2.05) is 30.3 Å². The largest absolute Gasteiger partial charge is 0.376 e. The van der Waals surface area contributed by atoms with E-state index < -0.39 is 11.5 Å². The molecule has 0 saturated heterocycles. The lowest BCUT2D eigenvalue weighted by atomic mass is 10.0. The molecule has 1 unspecified atom stereocenters. The van der Waals surface area contributed by atoms with Crippen molar-refractivity contribution in [1.82, 2.24) is 0 Å². The van der Waals surface area contributed by atoms with Crippen molar-refractivity contribution in [3.63, 3.8) is 0 Å². The highest BCUT2D eigenvalue weighted by Crippen LogP contribution is 2.08. The first-order valence-corrected chi connectivity index (χ1v) is 4.29. The molecular weight excluding hydrogens is 178 g/mol. The lowest BCUT2D eigenvalue weighted by Crippen LogP contribution is -2.38. The van der Waals surface area contributed by atoms with Crippen molar-refractivity contribution in [2.45, 2.75) is 12.5 Å². The van der Waals surface area contributed by atoms with Crippen LogP contribution in [0.15, 0.2) is 36.4 Å². The van der Waals surface area contributed by atoms with E-state index in [1.54, 1.807) is 6.08 Å². The van der Waals surface area contributed by atoms with Gasteiger partial charge in [0.25, 0.3) is 5.91 Å². The minimum Gasteiger partial charge on any atom is -0.376 e. The molecule has 1 aromatic carbocycles. The van der Waals surface area contributed by atoms with Gasteiger partial charge in [-0.1, -0.05) is 36.4 Å². The average Bonchev–Trinajstić information content (AvgIpc) is 2.16. The summed E-state index contributed by atoms with van der Waals surface area (Å²) in [4.78, 5) is 10.8. The van der Waals surface area contributed by atoms with Crippen LogP contribution in [-0.2, 0) is 4.79 Å². The summed E-state index contributed by atoms with van der Waals surface area (Å²) in [6, 6.07) is 9.38. The van der Waals surface area contributed by atoms with Crippen molar-refractivity contribution in [3.8, 4) is 0 Å².